The minimum Gasteiger partial charge on any atom is -0.462 e. The van der Waals surface area contributed by atoms with Gasteiger partial charge in [-0.1, -0.05) is 18.2 Å². The van der Waals surface area contributed by atoms with Crippen molar-refractivity contribution in [3.8, 4) is 0 Å². The molecule has 5 nitrogen and oxygen atoms in total. The minimum absolute atomic E-state index is 0.0458. The molecule has 1 aromatic heterocycles. The van der Waals surface area contributed by atoms with Crippen molar-refractivity contribution in [3.05, 3.63) is 52.5 Å². The predicted molar refractivity (Wildman–Crippen MR) is 92.2 cm³/mol. The van der Waals surface area contributed by atoms with Gasteiger partial charge in [0.05, 0.1) is 17.9 Å². The van der Waals surface area contributed by atoms with Crippen molar-refractivity contribution in [2.24, 2.45) is 5.92 Å². The third kappa shape index (κ3) is 3.82. The zero-order valence-electron chi connectivity index (χ0n) is 13.6. The molecule has 0 bridgehead atoms. The molecule has 1 aliphatic rings. The van der Waals surface area contributed by atoms with Crippen molar-refractivity contribution in [1.29, 1.82) is 0 Å². The summed E-state index contributed by atoms with van der Waals surface area (Å²) >= 11 is 1.25. The van der Waals surface area contributed by atoms with Crippen LogP contribution in [0.5, 0.6) is 0 Å². The summed E-state index contributed by atoms with van der Waals surface area (Å²) < 4.78 is 9.52. The fraction of sp³-hybridized carbons (Fsp3) is 0.389. The Morgan fingerprint density at radius 1 is 1.33 bits per heavy atom. The Morgan fingerprint density at radius 2 is 2.12 bits per heavy atom. The van der Waals surface area contributed by atoms with E-state index in [9.17, 15) is 9.59 Å². The summed E-state index contributed by atoms with van der Waals surface area (Å²) in [4.78, 5) is 26.5. The van der Waals surface area contributed by atoms with E-state index in [2.05, 4.69) is 4.37 Å². The number of aromatic nitrogens is 1. The summed E-state index contributed by atoms with van der Waals surface area (Å²) in [5.41, 5.74) is 1.94. The number of piperidine rings is 1. The lowest BCUT2D eigenvalue weighted by Crippen LogP contribution is -2.41. The van der Waals surface area contributed by atoms with Gasteiger partial charge in [0.1, 0.15) is 0 Å². The number of nitrogens with zero attached hydrogens (tertiary/aromatic N) is 2. The van der Waals surface area contributed by atoms with Crippen LogP contribution in [-0.2, 0) is 4.74 Å². The first kappa shape index (κ1) is 16.6. The van der Waals surface area contributed by atoms with Crippen LogP contribution in [0, 0.1) is 12.8 Å². The molecule has 0 radical (unpaired) electrons. The summed E-state index contributed by atoms with van der Waals surface area (Å²) in [5.74, 6) is -0.0977. The second-order valence-corrected chi connectivity index (χ2v) is 6.67. The molecule has 0 saturated carbocycles. The molecule has 1 aromatic carbocycles. The number of esters is 1. The molecule has 1 unspecified atom stereocenters. The first-order valence-electron chi connectivity index (χ1n) is 8.07. The summed E-state index contributed by atoms with van der Waals surface area (Å²) in [5, 5.41) is 1.71. The van der Waals surface area contributed by atoms with Gasteiger partial charge < -0.3 is 9.64 Å². The molecule has 1 atom stereocenters. The molecular weight excluding hydrogens is 324 g/mol. The monoisotopic (exact) mass is 344 g/mol. The molecule has 1 amide bonds. The normalized spacial score (nSPS) is 17.5. The summed E-state index contributed by atoms with van der Waals surface area (Å²) in [6.45, 7) is 3.52. The van der Waals surface area contributed by atoms with E-state index in [1.165, 1.54) is 11.5 Å². The average Bonchev–Trinajstić information content (AvgIpc) is 3.06. The number of amides is 1. The van der Waals surface area contributed by atoms with Crippen molar-refractivity contribution >= 4 is 23.4 Å². The van der Waals surface area contributed by atoms with Gasteiger partial charge in [-0.2, -0.15) is 4.37 Å². The average molecular weight is 344 g/mol. The number of hydrogen-bond acceptors (Lipinski definition) is 5. The van der Waals surface area contributed by atoms with E-state index in [0.29, 0.717) is 30.0 Å². The van der Waals surface area contributed by atoms with E-state index < -0.39 is 0 Å². The highest BCUT2D eigenvalue weighted by atomic mass is 32.1. The van der Waals surface area contributed by atoms with Gasteiger partial charge in [-0.25, -0.2) is 4.79 Å². The Kier molecular flexibility index (Phi) is 5.25. The molecule has 0 spiro atoms. The Bertz CT molecular complexity index is 714. The third-order valence-electron chi connectivity index (χ3n) is 4.25. The van der Waals surface area contributed by atoms with Gasteiger partial charge >= 0.3 is 5.97 Å². The van der Waals surface area contributed by atoms with E-state index in [1.54, 1.807) is 12.3 Å². The van der Waals surface area contributed by atoms with Crippen molar-refractivity contribution in [2.45, 2.75) is 19.8 Å². The summed E-state index contributed by atoms with van der Waals surface area (Å²) in [6.07, 6.45) is 1.90. The van der Waals surface area contributed by atoms with Crippen LogP contribution in [0.2, 0.25) is 0 Å². The van der Waals surface area contributed by atoms with Gasteiger partial charge in [-0.15, -0.1) is 0 Å². The standard InChI is InChI=1S/C18H20N2O3S/c1-13-16(12-24-19-13)18(22)23-11-14-6-5-9-20(10-14)17(21)15-7-3-2-4-8-15/h2-4,7-8,12,14H,5-6,9-11H2,1H3. The van der Waals surface area contributed by atoms with Crippen LogP contribution < -0.4 is 0 Å². The highest BCUT2D eigenvalue weighted by Crippen LogP contribution is 2.20. The summed E-state index contributed by atoms with van der Waals surface area (Å²) in [6, 6.07) is 9.30. The van der Waals surface area contributed by atoms with E-state index in [4.69, 9.17) is 4.74 Å². The van der Waals surface area contributed by atoms with Crippen LogP contribution in [0.1, 0.15) is 39.3 Å². The molecular formula is C18H20N2O3S. The number of carbonyl (C=O) groups excluding carboxylic acids is 2. The second-order valence-electron chi connectivity index (χ2n) is 6.04. The number of rotatable bonds is 4. The maximum atomic E-state index is 12.5. The predicted octanol–water partition coefficient (Wildman–Crippen LogP) is 3.16. The van der Waals surface area contributed by atoms with Gasteiger partial charge in [0, 0.05) is 30.0 Å². The van der Waals surface area contributed by atoms with E-state index in [-0.39, 0.29) is 17.8 Å². The SMILES string of the molecule is Cc1nscc1C(=O)OCC1CCCN(C(=O)c2ccccc2)C1. The Morgan fingerprint density at radius 3 is 2.83 bits per heavy atom. The van der Waals surface area contributed by atoms with Crippen LogP contribution in [0.15, 0.2) is 35.7 Å². The first-order chi connectivity index (χ1) is 11.6. The fourth-order valence-electron chi connectivity index (χ4n) is 2.91. The highest BCUT2D eigenvalue weighted by Gasteiger charge is 2.25. The van der Waals surface area contributed by atoms with Gasteiger partial charge in [0.15, 0.2) is 0 Å². The molecule has 6 heteroatoms. The maximum Gasteiger partial charge on any atom is 0.340 e. The topological polar surface area (TPSA) is 59.5 Å². The highest BCUT2D eigenvalue weighted by molar-refractivity contribution is 7.03. The largest absolute Gasteiger partial charge is 0.462 e. The molecule has 1 aliphatic heterocycles. The molecule has 0 N–H and O–H groups in total. The number of likely N-dealkylation sites (tertiary alicyclic amines) is 1. The number of benzene rings is 1. The molecule has 1 saturated heterocycles. The quantitative estimate of drug-likeness (QED) is 0.800. The molecule has 2 heterocycles. The lowest BCUT2D eigenvalue weighted by Gasteiger charge is -2.32. The van der Waals surface area contributed by atoms with Crippen molar-refractivity contribution in [3.63, 3.8) is 0 Å². The Labute approximate surface area is 145 Å². The van der Waals surface area contributed by atoms with Crippen LogP contribution in [-0.4, -0.2) is 40.8 Å². The molecule has 0 aliphatic carbocycles. The summed E-state index contributed by atoms with van der Waals surface area (Å²) in [7, 11) is 0. The lowest BCUT2D eigenvalue weighted by atomic mass is 9.98. The number of carbonyl (C=O) groups is 2. The van der Waals surface area contributed by atoms with Crippen LogP contribution >= 0.6 is 11.5 Å². The van der Waals surface area contributed by atoms with Crippen molar-refractivity contribution in [1.82, 2.24) is 9.27 Å². The molecule has 2 aromatic rings. The zero-order valence-corrected chi connectivity index (χ0v) is 14.4. The molecule has 3 rings (SSSR count). The Hall–Kier alpha value is -2.21. The van der Waals surface area contributed by atoms with Gasteiger partial charge in [0.25, 0.3) is 5.91 Å². The maximum absolute atomic E-state index is 12.5. The Balaban J connectivity index is 1.55. The van der Waals surface area contributed by atoms with Crippen molar-refractivity contribution in [2.75, 3.05) is 19.7 Å². The van der Waals surface area contributed by atoms with Crippen molar-refractivity contribution < 1.29 is 14.3 Å². The van der Waals surface area contributed by atoms with Gasteiger partial charge in [0.2, 0.25) is 0 Å². The van der Waals surface area contributed by atoms with Gasteiger partial charge in [-0.3, -0.25) is 4.79 Å². The fourth-order valence-corrected chi connectivity index (χ4v) is 3.59. The van der Waals surface area contributed by atoms with E-state index >= 15 is 0 Å². The minimum atomic E-state index is -0.326. The molecule has 24 heavy (non-hydrogen) atoms. The van der Waals surface area contributed by atoms with Crippen LogP contribution in [0.3, 0.4) is 0 Å². The van der Waals surface area contributed by atoms with E-state index in [0.717, 1.165) is 19.4 Å². The number of ether oxygens (including phenoxy) is 1. The second kappa shape index (κ2) is 7.57. The number of hydrogen-bond donors (Lipinski definition) is 0. The smallest absolute Gasteiger partial charge is 0.340 e. The molecule has 126 valence electrons. The number of aryl methyl sites for hydroxylation is 1. The van der Waals surface area contributed by atoms with Gasteiger partial charge in [-0.05, 0) is 43.4 Å². The lowest BCUT2D eigenvalue weighted by molar-refractivity contribution is 0.0342. The van der Waals surface area contributed by atoms with E-state index in [1.807, 2.05) is 35.2 Å². The third-order valence-corrected chi connectivity index (χ3v) is 4.97. The molecule has 1 fully saturated rings. The zero-order chi connectivity index (χ0) is 16.9. The first-order valence-corrected chi connectivity index (χ1v) is 8.91. The van der Waals surface area contributed by atoms with Crippen LogP contribution in [0.4, 0.5) is 0 Å². The van der Waals surface area contributed by atoms with Crippen LogP contribution in [0.25, 0.3) is 0 Å².